The van der Waals surface area contributed by atoms with E-state index >= 15 is 0 Å². The average Bonchev–Trinajstić information content (AvgIpc) is 2.60. The van der Waals surface area contributed by atoms with Crippen molar-refractivity contribution in [1.82, 2.24) is 0 Å². The van der Waals surface area contributed by atoms with Crippen molar-refractivity contribution >= 4 is 23.3 Å². The Hall–Kier alpha value is -3.43. The summed E-state index contributed by atoms with van der Waals surface area (Å²) >= 11 is 0. The van der Waals surface area contributed by atoms with Crippen molar-refractivity contribution in [2.24, 2.45) is 10.2 Å². The zero-order valence-electron chi connectivity index (χ0n) is 15.0. The van der Waals surface area contributed by atoms with E-state index in [0.29, 0.717) is 6.07 Å². The van der Waals surface area contributed by atoms with Gasteiger partial charge in [0.2, 0.25) is 0 Å². The van der Waals surface area contributed by atoms with Crippen LogP contribution in [0.2, 0.25) is 0 Å². The Labute approximate surface area is 162 Å². The molecule has 0 atom stereocenters. The molecule has 152 valence electrons. The first-order valence-electron chi connectivity index (χ1n) is 8.21. The van der Waals surface area contributed by atoms with E-state index in [-0.39, 0.29) is 18.6 Å². The highest BCUT2D eigenvalue weighted by molar-refractivity contribution is 6.07. The Morgan fingerprint density at radius 3 is 2.21 bits per heavy atom. The quantitative estimate of drug-likeness (QED) is 0.225. The molecule has 0 saturated carbocycles. The number of halogens is 4. The highest BCUT2D eigenvalue weighted by Crippen LogP contribution is 2.25. The molecule has 10 heteroatoms. The van der Waals surface area contributed by atoms with Crippen molar-refractivity contribution in [3.05, 3.63) is 64.7 Å². The molecule has 0 aromatic heterocycles. The SMILES string of the molecule is CC(=O)OCCc1cc(F)c(N=NC(=O)CC(=O)c2ccc(F)cc2F)c(F)c1. The molecule has 0 fully saturated rings. The lowest BCUT2D eigenvalue weighted by Crippen LogP contribution is -2.08. The van der Waals surface area contributed by atoms with Crippen LogP contribution in [0.15, 0.2) is 40.6 Å². The number of hydrogen-bond donors (Lipinski definition) is 0. The fourth-order valence-corrected chi connectivity index (χ4v) is 2.26. The van der Waals surface area contributed by atoms with Crippen LogP contribution in [0.3, 0.4) is 0 Å². The molecule has 2 aromatic carbocycles. The van der Waals surface area contributed by atoms with E-state index in [1.807, 2.05) is 0 Å². The highest BCUT2D eigenvalue weighted by Gasteiger charge is 2.17. The second kappa shape index (κ2) is 9.67. The molecule has 0 aliphatic heterocycles. The summed E-state index contributed by atoms with van der Waals surface area (Å²) < 4.78 is 59.0. The molecule has 0 aliphatic carbocycles. The van der Waals surface area contributed by atoms with Crippen LogP contribution in [-0.2, 0) is 20.7 Å². The Morgan fingerprint density at radius 2 is 1.62 bits per heavy atom. The molecule has 0 unspecified atom stereocenters. The second-order valence-electron chi connectivity index (χ2n) is 5.82. The number of carbonyl (C=O) groups is 3. The minimum atomic E-state index is -1.17. The number of ether oxygens (including phenoxy) is 1. The number of esters is 1. The zero-order valence-corrected chi connectivity index (χ0v) is 15.0. The summed E-state index contributed by atoms with van der Waals surface area (Å²) in [6.45, 7) is 1.12. The molecule has 1 amide bonds. The number of carbonyl (C=O) groups excluding carboxylic acids is 3. The van der Waals surface area contributed by atoms with Crippen molar-refractivity contribution in [2.75, 3.05) is 6.61 Å². The minimum absolute atomic E-state index is 0.0571. The van der Waals surface area contributed by atoms with Gasteiger partial charge in [-0.05, 0) is 29.8 Å². The van der Waals surface area contributed by atoms with Gasteiger partial charge in [-0.1, -0.05) is 0 Å². The van der Waals surface area contributed by atoms with Gasteiger partial charge in [0.25, 0.3) is 5.91 Å². The summed E-state index contributed by atoms with van der Waals surface area (Å²) in [5.74, 6) is -6.98. The van der Waals surface area contributed by atoms with Crippen LogP contribution in [0.1, 0.15) is 29.3 Å². The number of rotatable bonds is 7. The molecule has 0 spiro atoms. The standard InChI is InChI=1S/C19H14F4N2O4/c1-10(26)29-5-4-11-6-15(22)19(16(23)7-11)25-24-18(28)9-17(27)13-3-2-12(20)8-14(13)21/h2-3,6-8H,4-5,9H2,1H3. The molecule has 6 nitrogen and oxygen atoms in total. The Kier molecular flexibility index (Phi) is 7.29. The summed E-state index contributed by atoms with van der Waals surface area (Å²) in [6.07, 6.45) is -0.864. The fourth-order valence-electron chi connectivity index (χ4n) is 2.26. The topological polar surface area (TPSA) is 85.2 Å². The third kappa shape index (κ3) is 6.30. The van der Waals surface area contributed by atoms with Gasteiger partial charge in [-0.25, -0.2) is 17.6 Å². The van der Waals surface area contributed by atoms with E-state index in [0.717, 1.165) is 24.3 Å². The van der Waals surface area contributed by atoms with Gasteiger partial charge in [-0.2, -0.15) is 0 Å². The van der Waals surface area contributed by atoms with Crippen molar-refractivity contribution in [3.63, 3.8) is 0 Å². The largest absolute Gasteiger partial charge is 0.466 e. The van der Waals surface area contributed by atoms with Crippen LogP contribution in [0.4, 0.5) is 23.2 Å². The van der Waals surface area contributed by atoms with Crippen molar-refractivity contribution < 1.29 is 36.7 Å². The van der Waals surface area contributed by atoms with Crippen LogP contribution in [-0.4, -0.2) is 24.3 Å². The van der Waals surface area contributed by atoms with Gasteiger partial charge in [-0.15, -0.1) is 10.2 Å². The smallest absolute Gasteiger partial charge is 0.302 e. The lowest BCUT2D eigenvalue weighted by molar-refractivity contribution is -0.140. The van der Waals surface area contributed by atoms with Crippen molar-refractivity contribution in [2.45, 2.75) is 19.8 Å². The lowest BCUT2D eigenvalue weighted by atomic mass is 10.1. The van der Waals surface area contributed by atoms with Gasteiger partial charge in [0.15, 0.2) is 23.1 Å². The number of benzene rings is 2. The molecule has 0 radical (unpaired) electrons. The van der Waals surface area contributed by atoms with Gasteiger partial charge in [0.05, 0.1) is 18.6 Å². The maximum atomic E-state index is 14.0. The summed E-state index contributed by atoms with van der Waals surface area (Å²) in [7, 11) is 0. The third-order valence-corrected chi connectivity index (χ3v) is 3.58. The Balaban J connectivity index is 2.05. The number of nitrogens with zero attached hydrogens (tertiary/aromatic N) is 2. The molecule has 2 rings (SSSR count). The predicted molar refractivity (Wildman–Crippen MR) is 91.5 cm³/mol. The van der Waals surface area contributed by atoms with Gasteiger partial charge >= 0.3 is 5.97 Å². The first-order chi connectivity index (χ1) is 13.7. The number of azo groups is 1. The summed E-state index contributed by atoms with van der Waals surface area (Å²) in [5.41, 5.74) is -1.19. The monoisotopic (exact) mass is 410 g/mol. The second-order valence-corrected chi connectivity index (χ2v) is 5.82. The molecule has 0 bridgehead atoms. The molecule has 2 aromatic rings. The molecule has 29 heavy (non-hydrogen) atoms. The number of Topliss-reactive ketones (excluding diaryl/α,β-unsaturated/α-hetero) is 1. The Bertz CT molecular complexity index is 969. The molecular weight excluding hydrogens is 396 g/mol. The zero-order chi connectivity index (χ0) is 21.6. The maximum absolute atomic E-state index is 14.0. The van der Waals surface area contributed by atoms with E-state index in [2.05, 4.69) is 15.0 Å². The fraction of sp³-hybridized carbons (Fsp3) is 0.211. The third-order valence-electron chi connectivity index (χ3n) is 3.58. The molecule has 0 heterocycles. The molecule has 0 aliphatic rings. The number of ketones is 1. The Morgan fingerprint density at radius 1 is 0.966 bits per heavy atom. The van der Waals surface area contributed by atoms with E-state index in [1.54, 1.807) is 0 Å². The summed E-state index contributed by atoms with van der Waals surface area (Å²) in [6, 6.07) is 4.06. The van der Waals surface area contributed by atoms with E-state index in [9.17, 15) is 31.9 Å². The normalized spacial score (nSPS) is 10.9. The minimum Gasteiger partial charge on any atom is -0.466 e. The maximum Gasteiger partial charge on any atom is 0.302 e. The highest BCUT2D eigenvalue weighted by atomic mass is 19.1. The van der Waals surface area contributed by atoms with Gasteiger partial charge in [0.1, 0.15) is 11.6 Å². The van der Waals surface area contributed by atoms with Crippen LogP contribution in [0, 0.1) is 23.3 Å². The van der Waals surface area contributed by atoms with Gasteiger partial charge in [-0.3, -0.25) is 14.4 Å². The van der Waals surface area contributed by atoms with Crippen LogP contribution in [0.5, 0.6) is 0 Å². The average molecular weight is 410 g/mol. The molecular formula is C19H14F4N2O4. The van der Waals surface area contributed by atoms with E-state index in [1.165, 1.54) is 6.92 Å². The van der Waals surface area contributed by atoms with E-state index < -0.39 is 58.6 Å². The lowest BCUT2D eigenvalue weighted by Gasteiger charge is -2.05. The van der Waals surface area contributed by atoms with Crippen LogP contribution < -0.4 is 0 Å². The van der Waals surface area contributed by atoms with E-state index in [4.69, 9.17) is 0 Å². The van der Waals surface area contributed by atoms with Gasteiger partial charge in [0, 0.05) is 19.4 Å². The number of amides is 1. The first-order valence-corrected chi connectivity index (χ1v) is 8.21. The first kappa shape index (κ1) is 21.9. The summed E-state index contributed by atoms with van der Waals surface area (Å²) in [4.78, 5) is 34.2. The van der Waals surface area contributed by atoms with Gasteiger partial charge < -0.3 is 4.74 Å². The molecule has 0 saturated heterocycles. The van der Waals surface area contributed by atoms with Crippen molar-refractivity contribution in [1.29, 1.82) is 0 Å². The van der Waals surface area contributed by atoms with Crippen LogP contribution >= 0.6 is 0 Å². The summed E-state index contributed by atoms with van der Waals surface area (Å²) in [5, 5.41) is 6.24. The predicted octanol–water partition coefficient (Wildman–Crippen LogP) is 4.23. The van der Waals surface area contributed by atoms with Crippen LogP contribution in [0.25, 0.3) is 0 Å². The molecule has 0 N–H and O–H groups in total. The number of hydrogen-bond acceptors (Lipinski definition) is 5. The van der Waals surface area contributed by atoms with Crippen molar-refractivity contribution in [3.8, 4) is 0 Å².